The van der Waals surface area contributed by atoms with Crippen LogP contribution in [0.5, 0.6) is 0 Å². The highest BCUT2D eigenvalue weighted by Crippen LogP contribution is 2.55. The normalized spacial score (nSPS) is 20.6. The first-order chi connectivity index (χ1) is 31.6. The second kappa shape index (κ2) is 13.8. The van der Waals surface area contributed by atoms with Crippen LogP contribution in [0.3, 0.4) is 0 Å². The van der Waals surface area contributed by atoms with E-state index in [-0.39, 0.29) is 39.2 Å². The second-order valence-electron chi connectivity index (χ2n) is 25.4. The summed E-state index contributed by atoms with van der Waals surface area (Å²) in [6, 6.07) is 42.8. The monoisotopic (exact) mass is 881 g/mol. The Morgan fingerprint density at radius 3 is 1.58 bits per heavy atom. The molecule has 340 valence electrons. The largest absolute Gasteiger partial charge is 0.468 e. The highest BCUT2D eigenvalue weighted by atomic mass is 16.3. The van der Waals surface area contributed by atoms with Crippen LogP contribution in [0, 0.1) is 6.92 Å². The first kappa shape index (κ1) is 42.8. The molecule has 3 heterocycles. The van der Waals surface area contributed by atoms with E-state index in [1.54, 1.807) is 0 Å². The van der Waals surface area contributed by atoms with E-state index in [4.69, 9.17) is 4.42 Å². The van der Waals surface area contributed by atoms with Crippen LogP contribution in [0.15, 0.2) is 114 Å². The topological polar surface area (TPSA) is 19.6 Å². The Bertz CT molecular complexity index is 3230. The fraction of sp³-hybridized carbons (Fsp3) is 0.397. The smallest absolute Gasteiger partial charge is 0.297 e. The summed E-state index contributed by atoms with van der Waals surface area (Å²) >= 11 is 0. The molecule has 2 aliphatic heterocycles. The number of hydrogen-bond donors (Lipinski definition) is 0. The lowest BCUT2D eigenvalue weighted by Crippen LogP contribution is -2.61. The molecule has 7 aromatic rings. The molecular formula is C63H69BN2O. The molecule has 0 saturated carbocycles. The molecule has 0 amide bonds. The van der Waals surface area contributed by atoms with Gasteiger partial charge in [0.2, 0.25) is 0 Å². The van der Waals surface area contributed by atoms with Gasteiger partial charge < -0.3 is 14.2 Å². The number of hydrogen-bond acceptors (Lipinski definition) is 3. The Hall–Kier alpha value is -5.48. The van der Waals surface area contributed by atoms with Crippen LogP contribution in [0.1, 0.15) is 161 Å². The van der Waals surface area contributed by atoms with Crippen molar-refractivity contribution >= 4 is 68.4 Å². The standard InChI is InChI=1S/C63H69BN2O/c1-38-31-52-55-53(32-38)66(50-22-18-17-21-41(50)39-19-15-14-16-20-39)51-36-47-46(61(8,9)28-29-62(47,10)11)35-49(51)64(55)57-56(42-34-45-48(37-54(42)67-57)63(12,13)30-27-60(45,6)7)65(52)40-23-24-43-44(33-40)59(4,5)26-25-58(43,2)3/h14-24,31-37H,25-30H2,1-13H3. The van der Waals surface area contributed by atoms with Crippen LogP contribution in [-0.2, 0) is 32.5 Å². The van der Waals surface area contributed by atoms with E-state index in [9.17, 15) is 0 Å². The van der Waals surface area contributed by atoms with Crippen LogP contribution in [0.2, 0.25) is 0 Å². The van der Waals surface area contributed by atoms with Gasteiger partial charge in [-0.3, -0.25) is 0 Å². The Kier molecular flexibility index (Phi) is 8.84. The van der Waals surface area contributed by atoms with Crippen LogP contribution >= 0.6 is 0 Å². The van der Waals surface area contributed by atoms with Crippen molar-refractivity contribution in [3.05, 3.63) is 148 Å². The average Bonchev–Trinajstić information content (AvgIpc) is 3.66. The zero-order chi connectivity index (χ0) is 47.0. The number of aryl methyl sites for hydroxylation is 1. The van der Waals surface area contributed by atoms with E-state index in [1.807, 2.05) is 0 Å². The number of benzene rings is 6. The number of rotatable bonds is 3. The molecule has 0 radical (unpaired) electrons. The molecule has 6 aromatic carbocycles. The molecule has 0 unspecified atom stereocenters. The lowest BCUT2D eigenvalue weighted by Gasteiger charge is -2.47. The van der Waals surface area contributed by atoms with Gasteiger partial charge in [-0.25, -0.2) is 0 Å². The van der Waals surface area contributed by atoms with Crippen molar-refractivity contribution in [1.82, 2.24) is 0 Å². The van der Waals surface area contributed by atoms with E-state index in [0.29, 0.717) is 0 Å². The van der Waals surface area contributed by atoms with Crippen LogP contribution in [0.4, 0.5) is 34.1 Å². The highest BCUT2D eigenvalue weighted by molar-refractivity contribution is 7.00. The fourth-order valence-electron chi connectivity index (χ4n) is 13.5. The molecule has 12 rings (SSSR count). The van der Waals surface area contributed by atoms with E-state index >= 15 is 0 Å². The van der Waals surface area contributed by atoms with Crippen molar-refractivity contribution in [3.8, 4) is 11.1 Å². The molecule has 0 N–H and O–H groups in total. The molecule has 1 aromatic heterocycles. The molecule has 0 atom stereocenters. The number of nitrogens with zero attached hydrogens (tertiary/aromatic N) is 2. The van der Waals surface area contributed by atoms with Crippen LogP contribution < -0.4 is 26.4 Å². The quantitative estimate of drug-likeness (QED) is 0.165. The lowest BCUT2D eigenvalue weighted by molar-refractivity contribution is 0.332. The predicted octanol–water partition coefficient (Wildman–Crippen LogP) is 15.5. The minimum Gasteiger partial charge on any atom is -0.468 e. The van der Waals surface area contributed by atoms with Gasteiger partial charge in [0.15, 0.2) is 0 Å². The summed E-state index contributed by atoms with van der Waals surface area (Å²) in [5.74, 6) is 0. The summed E-state index contributed by atoms with van der Waals surface area (Å²) in [6.07, 6.45) is 6.99. The Morgan fingerprint density at radius 1 is 0.448 bits per heavy atom. The van der Waals surface area contributed by atoms with Gasteiger partial charge in [0, 0.05) is 33.7 Å². The zero-order valence-corrected chi connectivity index (χ0v) is 42.5. The summed E-state index contributed by atoms with van der Waals surface area (Å²) in [7, 11) is 0. The Balaban J connectivity index is 1.23. The van der Waals surface area contributed by atoms with Crippen LogP contribution in [0.25, 0.3) is 22.1 Å². The number of fused-ring (bicyclic) bond motifs is 9. The summed E-state index contributed by atoms with van der Waals surface area (Å²) in [5, 5.41) is 1.23. The summed E-state index contributed by atoms with van der Waals surface area (Å²) in [6.45, 7) is 31.7. The fourth-order valence-corrected chi connectivity index (χ4v) is 13.5. The van der Waals surface area contributed by atoms with E-state index in [0.717, 1.165) is 36.9 Å². The highest BCUT2D eigenvalue weighted by Gasteiger charge is 2.50. The lowest BCUT2D eigenvalue weighted by atomic mass is 9.35. The minimum atomic E-state index is -0.114. The molecular weight excluding hydrogens is 812 g/mol. The molecule has 67 heavy (non-hydrogen) atoms. The maximum atomic E-state index is 7.70. The van der Waals surface area contributed by atoms with Gasteiger partial charge in [0.05, 0.1) is 17.0 Å². The van der Waals surface area contributed by atoms with Crippen molar-refractivity contribution in [2.45, 2.75) is 161 Å². The van der Waals surface area contributed by atoms with Gasteiger partial charge in [0.1, 0.15) is 5.58 Å². The summed E-state index contributed by atoms with van der Waals surface area (Å²) < 4.78 is 7.70. The molecule has 3 aliphatic carbocycles. The molecule has 0 saturated heterocycles. The summed E-state index contributed by atoms with van der Waals surface area (Å²) in [5.41, 5.74) is 24.9. The molecule has 0 spiro atoms. The van der Waals surface area contributed by atoms with E-state index in [2.05, 4.69) is 209 Å². The van der Waals surface area contributed by atoms with Gasteiger partial charge >= 0.3 is 0 Å². The van der Waals surface area contributed by atoms with Crippen molar-refractivity contribution < 1.29 is 4.42 Å². The first-order valence-corrected chi connectivity index (χ1v) is 25.4. The second-order valence-corrected chi connectivity index (χ2v) is 25.4. The molecule has 4 heteroatoms. The predicted molar refractivity (Wildman–Crippen MR) is 286 cm³/mol. The van der Waals surface area contributed by atoms with Gasteiger partial charge in [-0.1, -0.05) is 144 Å². The number of furan rings is 1. The van der Waals surface area contributed by atoms with E-state index < -0.39 is 0 Å². The third-order valence-electron chi connectivity index (χ3n) is 18.1. The maximum Gasteiger partial charge on any atom is 0.297 e. The maximum absolute atomic E-state index is 7.70. The van der Waals surface area contributed by atoms with Gasteiger partial charge in [-0.05, 0) is 182 Å². The third-order valence-corrected chi connectivity index (χ3v) is 18.1. The van der Waals surface area contributed by atoms with Gasteiger partial charge in [-0.15, -0.1) is 0 Å². The molecule has 5 aliphatic rings. The van der Waals surface area contributed by atoms with Gasteiger partial charge in [0.25, 0.3) is 6.71 Å². The van der Waals surface area contributed by atoms with Crippen molar-refractivity contribution in [2.24, 2.45) is 0 Å². The van der Waals surface area contributed by atoms with Crippen molar-refractivity contribution in [3.63, 3.8) is 0 Å². The number of para-hydroxylation sites is 1. The Morgan fingerprint density at radius 2 is 0.955 bits per heavy atom. The van der Waals surface area contributed by atoms with E-state index in [1.165, 1.54) is 113 Å². The van der Waals surface area contributed by atoms with Crippen molar-refractivity contribution in [2.75, 3.05) is 9.80 Å². The third kappa shape index (κ3) is 6.15. The van der Waals surface area contributed by atoms with Crippen molar-refractivity contribution in [1.29, 1.82) is 0 Å². The van der Waals surface area contributed by atoms with Gasteiger partial charge in [-0.2, -0.15) is 0 Å². The molecule has 3 nitrogen and oxygen atoms in total. The molecule has 0 bridgehead atoms. The zero-order valence-electron chi connectivity index (χ0n) is 42.5. The number of anilines is 6. The SMILES string of the molecule is Cc1cc2c3c(c1)N(c1ccc4c(c1)C(C)(C)CCC4(C)C)c1c(oc4cc5c(cc14)C(C)(C)CCC5(C)C)B3c1cc3c(cc1N2c1ccccc1-c1ccccc1)C(C)(C)CCC3(C)C. The van der Waals surface area contributed by atoms with Crippen LogP contribution in [-0.4, -0.2) is 6.71 Å². The first-order valence-electron chi connectivity index (χ1n) is 25.4. The summed E-state index contributed by atoms with van der Waals surface area (Å²) in [4.78, 5) is 5.29. The molecule has 0 fully saturated rings. The minimum absolute atomic E-state index is 0.0282. The average molecular weight is 881 g/mol. The Labute approximate surface area is 401 Å².